The summed E-state index contributed by atoms with van der Waals surface area (Å²) in [6.45, 7) is 2.09. The van der Waals surface area contributed by atoms with Gasteiger partial charge in [-0.1, -0.05) is 12.1 Å². The lowest BCUT2D eigenvalue weighted by molar-refractivity contribution is 0.509. The molecule has 0 bridgehead atoms. The maximum Gasteiger partial charge on any atom is 0.298 e. The number of anilines is 1. The van der Waals surface area contributed by atoms with Crippen molar-refractivity contribution in [3.05, 3.63) is 48.7 Å². The highest BCUT2D eigenvalue weighted by Crippen LogP contribution is 2.30. The average Bonchev–Trinajstić information content (AvgIpc) is 3.25. The maximum atomic E-state index is 5.98. The summed E-state index contributed by atoms with van der Waals surface area (Å²) in [5, 5.41) is 1.26. The molecule has 126 valence electrons. The molecule has 2 aromatic heterocycles. The van der Waals surface area contributed by atoms with Crippen molar-refractivity contribution in [2.24, 2.45) is 7.05 Å². The molecule has 0 spiro atoms. The molecule has 2 aromatic carbocycles. The topological polar surface area (TPSA) is 34.2 Å². The van der Waals surface area contributed by atoms with Gasteiger partial charge in [-0.3, -0.25) is 0 Å². The van der Waals surface area contributed by atoms with E-state index in [1.807, 2.05) is 6.07 Å². The van der Waals surface area contributed by atoms with E-state index in [0.29, 0.717) is 0 Å². The third-order valence-corrected chi connectivity index (χ3v) is 5.22. The average molecular weight is 331 g/mol. The summed E-state index contributed by atoms with van der Waals surface area (Å²) in [5.41, 5.74) is 5.44. The molecule has 0 saturated carbocycles. The molecule has 4 aromatic rings. The Hall–Kier alpha value is -2.75. The number of rotatable bonds is 2. The second-order valence-corrected chi connectivity index (χ2v) is 6.93. The lowest BCUT2D eigenvalue weighted by Gasteiger charge is -2.24. The van der Waals surface area contributed by atoms with E-state index in [9.17, 15) is 0 Å². The molecule has 25 heavy (non-hydrogen) atoms. The fourth-order valence-electron chi connectivity index (χ4n) is 3.78. The predicted octanol–water partition coefficient (Wildman–Crippen LogP) is 4.98. The third kappa shape index (κ3) is 2.49. The van der Waals surface area contributed by atoms with E-state index in [1.54, 1.807) is 0 Å². The van der Waals surface area contributed by atoms with Gasteiger partial charge in [0.15, 0.2) is 5.58 Å². The van der Waals surface area contributed by atoms with Crippen LogP contribution in [0.3, 0.4) is 0 Å². The van der Waals surface area contributed by atoms with E-state index < -0.39 is 0 Å². The Bertz CT molecular complexity index is 1050. The van der Waals surface area contributed by atoms with Crippen molar-refractivity contribution in [1.29, 1.82) is 0 Å². The first-order valence-corrected chi connectivity index (χ1v) is 8.99. The lowest BCUT2D eigenvalue weighted by atomic mass is 10.0. The van der Waals surface area contributed by atoms with Crippen LogP contribution in [0.15, 0.2) is 53.1 Å². The van der Waals surface area contributed by atoms with Gasteiger partial charge in [-0.2, -0.15) is 4.98 Å². The Balaban J connectivity index is 1.54. The summed E-state index contributed by atoms with van der Waals surface area (Å²) in [4.78, 5) is 7.01. The van der Waals surface area contributed by atoms with Crippen molar-refractivity contribution in [3.8, 4) is 11.1 Å². The number of hydrogen-bond donors (Lipinski definition) is 0. The summed E-state index contributed by atoms with van der Waals surface area (Å²) in [6, 6.07) is 15.8. The summed E-state index contributed by atoms with van der Waals surface area (Å²) in [7, 11) is 2.07. The van der Waals surface area contributed by atoms with Gasteiger partial charge in [0, 0.05) is 37.2 Å². The van der Waals surface area contributed by atoms with E-state index in [4.69, 9.17) is 9.40 Å². The number of aromatic nitrogens is 2. The van der Waals surface area contributed by atoms with Gasteiger partial charge in [-0.15, -0.1) is 0 Å². The standard InChI is InChI=1S/C21H21N3O/c1-23-12-9-17-13-15(5-7-19(17)23)16-6-8-20-18(14-16)22-21(25-20)24-10-3-2-4-11-24/h5-9,12-14H,2-4,10-11H2,1H3. The molecule has 5 rings (SSSR count). The van der Waals surface area contributed by atoms with Crippen LogP contribution in [0.4, 0.5) is 6.01 Å². The summed E-state index contributed by atoms with van der Waals surface area (Å²) in [5.74, 6) is 0. The predicted molar refractivity (Wildman–Crippen MR) is 102 cm³/mol. The minimum Gasteiger partial charge on any atom is -0.423 e. The van der Waals surface area contributed by atoms with Crippen molar-refractivity contribution in [3.63, 3.8) is 0 Å². The number of oxazole rings is 1. The van der Waals surface area contributed by atoms with Gasteiger partial charge >= 0.3 is 0 Å². The molecule has 0 N–H and O–H groups in total. The van der Waals surface area contributed by atoms with E-state index in [-0.39, 0.29) is 0 Å². The van der Waals surface area contributed by atoms with Crippen LogP contribution >= 0.6 is 0 Å². The van der Waals surface area contributed by atoms with Crippen molar-refractivity contribution in [2.75, 3.05) is 18.0 Å². The van der Waals surface area contributed by atoms with Gasteiger partial charge in [0.05, 0.1) is 0 Å². The zero-order chi connectivity index (χ0) is 16.8. The van der Waals surface area contributed by atoms with Gasteiger partial charge in [0.2, 0.25) is 0 Å². The van der Waals surface area contributed by atoms with Crippen LogP contribution in [0.2, 0.25) is 0 Å². The molecular formula is C21H21N3O. The minimum atomic E-state index is 0.769. The van der Waals surface area contributed by atoms with Gasteiger partial charge in [-0.05, 0) is 60.7 Å². The first-order chi connectivity index (χ1) is 12.3. The summed E-state index contributed by atoms with van der Waals surface area (Å²) < 4.78 is 8.13. The van der Waals surface area contributed by atoms with E-state index in [0.717, 1.165) is 30.2 Å². The molecule has 0 atom stereocenters. The number of nitrogens with zero attached hydrogens (tertiary/aromatic N) is 3. The normalized spacial score (nSPS) is 15.3. The quantitative estimate of drug-likeness (QED) is 0.520. The van der Waals surface area contributed by atoms with Crippen LogP contribution in [0.5, 0.6) is 0 Å². The molecule has 1 fully saturated rings. The largest absolute Gasteiger partial charge is 0.423 e. The van der Waals surface area contributed by atoms with Crippen molar-refractivity contribution in [1.82, 2.24) is 9.55 Å². The van der Waals surface area contributed by atoms with E-state index in [2.05, 4.69) is 59.1 Å². The molecular weight excluding hydrogens is 310 g/mol. The van der Waals surface area contributed by atoms with Crippen LogP contribution in [0, 0.1) is 0 Å². The van der Waals surface area contributed by atoms with E-state index in [1.165, 1.54) is 41.3 Å². The Kier molecular flexibility index (Phi) is 3.30. The zero-order valence-electron chi connectivity index (χ0n) is 14.4. The maximum absolute atomic E-state index is 5.98. The number of benzene rings is 2. The molecule has 0 amide bonds. The highest BCUT2D eigenvalue weighted by atomic mass is 16.4. The lowest BCUT2D eigenvalue weighted by Crippen LogP contribution is -2.29. The Morgan fingerprint density at radius 2 is 1.72 bits per heavy atom. The zero-order valence-corrected chi connectivity index (χ0v) is 14.4. The van der Waals surface area contributed by atoms with Crippen LogP contribution in [0.25, 0.3) is 33.1 Å². The number of aryl methyl sites for hydroxylation is 1. The number of hydrogen-bond acceptors (Lipinski definition) is 3. The van der Waals surface area contributed by atoms with Crippen LogP contribution in [-0.4, -0.2) is 22.6 Å². The molecule has 0 unspecified atom stereocenters. The summed E-state index contributed by atoms with van der Waals surface area (Å²) in [6.07, 6.45) is 5.85. The third-order valence-electron chi connectivity index (χ3n) is 5.22. The smallest absolute Gasteiger partial charge is 0.298 e. The highest BCUT2D eigenvalue weighted by Gasteiger charge is 2.17. The Morgan fingerprint density at radius 1 is 0.920 bits per heavy atom. The SMILES string of the molecule is Cn1ccc2cc(-c3ccc4oc(N5CCCCC5)nc4c3)ccc21. The first-order valence-electron chi connectivity index (χ1n) is 8.99. The van der Waals surface area contributed by atoms with Crippen molar-refractivity contribution in [2.45, 2.75) is 19.3 Å². The molecule has 0 radical (unpaired) electrons. The number of fused-ring (bicyclic) bond motifs is 2. The van der Waals surface area contributed by atoms with Gasteiger partial charge < -0.3 is 13.9 Å². The van der Waals surface area contributed by atoms with Crippen LogP contribution in [-0.2, 0) is 7.05 Å². The summed E-state index contributed by atoms with van der Waals surface area (Å²) >= 11 is 0. The number of piperidine rings is 1. The van der Waals surface area contributed by atoms with Crippen LogP contribution in [0.1, 0.15) is 19.3 Å². The monoisotopic (exact) mass is 331 g/mol. The van der Waals surface area contributed by atoms with Crippen LogP contribution < -0.4 is 4.90 Å². The highest BCUT2D eigenvalue weighted by molar-refractivity contribution is 5.88. The molecule has 0 aliphatic carbocycles. The molecule has 1 aliphatic rings. The fourth-order valence-corrected chi connectivity index (χ4v) is 3.78. The fraction of sp³-hybridized carbons (Fsp3) is 0.286. The second-order valence-electron chi connectivity index (χ2n) is 6.93. The van der Waals surface area contributed by atoms with Gasteiger partial charge in [-0.25, -0.2) is 0 Å². The first kappa shape index (κ1) is 14.6. The second kappa shape index (κ2) is 5.66. The van der Waals surface area contributed by atoms with Gasteiger partial charge in [0.1, 0.15) is 5.52 Å². The van der Waals surface area contributed by atoms with Crippen molar-refractivity contribution >= 4 is 28.0 Å². The molecule has 3 heterocycles. The van der Waals surface area contributed by atoms with Crippen molar-refractivity contribution < 1.29 is 4.42 Å². The van der Waals surface area contributed by atoms with Gasteiger partial charge in [0.25, 0.3) is 6.01 Å². The molecule has 4 nitrogen and oxygen atoms in total. The molecule has 4 heteroatoms. The molecule has 1 aliphatic heterocycles. The van der Waals surface area contributed by atoms with E-state index >= 15 is 0 Å². The Labute approximate surface area is 146 Å². The minimum absolute atomic E-state index is 0.769. The Morgan fingerprint density at radius 3 is 2.60 bits per heavy atom. The molecule has 1 saturated heterocycles.